The van der Waals surface area contributed by atoms with E-state index in [2.05, 4.69) is 28.8 Å². The Balaban J connectivity index is 1.99. The Morgan fingerprint density at radius 2 is 1.61 bits per heavy atom. The molecule has 0 saturated carbocycles. The fourth-order valence-corrected chi connectivity index (χ4v) is 2.76. The van der Waals surface area contributed by atoms with Crippen LogP contribution in [0.15, 0.2) is 36.5 Å². The molecule has 0 aliphatic heterocycles. The predicted octanol–water partition coefficient (Wildman–Crippen LogP) is 2.92. The SMILES string of the molecule is CC(C)c1ccc2nc3c(nc2c1)C(=O)c1ncccc1C3=O. The Hall–Kier alpha value is -2.95. The largest absolute Gasteiger partial charge is 0.287 e. The number of fused-ring (bicyclic) bond motifs is 3. The summed E-state index contributed by atoms with van der Waals surface area (Å²) in [6.07, 6.45) is 1.50. The predicted molar refractivity (Wildman–Crippen MR) is 84.7 cm³/mol. The van der Waals surface area contributed by atoms with Crippen LogP contribution < -0.4 is 0 Å². The van der Waals surface area contributed by atoms with Gasteiger partial charge >= 0.3 is 0 Å². The molecule has 5 nitrogen and oxygen atoms in total. The molecule has 5 heteroatoms. The van der Waals surface area contributed by atoms with Crippen LogP contribution in [0.25, 0.3) is 11.0 Å². The Bertz CT molecular complexity index is 993. The Kier molecular flexibility index (Phi) is 2.84. The van der Waals surface area contributed by atoms with E-state index in [0.717, 1.165) is 5.56 Å². The van der Waals surface area contributed by atoms with Gasteiger partial charge in [-0.05, 0) is 35.7 Å². The summed E-state index contributed by atoms with van der Waals surface area (Å²) in [6.45, 7) is 4.17. The molecule has 3 aromatic rings. The van der Waals surface area contributed by atoms with Crippen molar-refractivity contribution in [2.75, 3.05) is 0 Å². The van der Waals surface area contributed by atoms with Gasteiger partial charge in [0.1, 0.15) is 17.1 Å². The van der Waals surface area contributed by atoms with Crippen molar-refractivity contribution in [2.24, 2.45) is 0 Å². The van der Waals surface area contributed by atoms with E-state index in [9.17, 15) is 9.59 Å². The highest BCUT2D eigenvalue weighted by atomic mass is 16.1. The number of nitrogens with zero attached hydrogens (tertiary/aromatic N) is 3. The summed E-state index contributed by atoms with van der Waals surface area (Å²) in [4.78, 5) is 38.0. The molecule has 1 aromatic carbocycles. The fraction of sp³-hybridized carbons (Fsp3) is 0.167. The summed E-state index contributed by atoms with van der Waals surface area (Å²) in [5.74, 6) is -0.304. The molecule has 0 amide bonds. The molecule has 0 atom stereocenters. The molecule has 1 aliphatic rings. The zero-order chi connectivity index (χ0) is 16.1. The second-order valence-corrected chi connectivity index (χ2v) is 5.88. The van der Waals surface area contributed by atoms with E-state index in [1.807, 2.05) is 18.2 Å². The van der Waals surface area contributed by atoms with Crippen molar-refractivity contribution >= 4 is 22.6 Å². The van der Waals surface area contributed by atoms with E-state index in [-0.39, 0.29) is 34.2 Å². The van der Waals surface area contributed by atoms with Gasteiger partial charge in [-0.25, -0.2) is 9.97 Å². The zero-order valence-electron chi connectivity index (χ0n) is 12.7. The summed E-state index contributed by atoms with van der Waals surface area (Å²) in [6, 6.07) is 8.96. The van der Waals surface area contributed by atoms with Gasteiger partial charge in [0.2, 0.25) is 11.6 Å². The molecule has 2 aromatic heterocycles. The highest BCUT2D eigenvalue weighted by Crippen LogP contribution is 2.26. The lowest BCUT2D eigenvalue weighted by Gasteiger charge is -2.15. The van der Waals surface area contributed by atoms with Crippen LogP contribution in [0.1, 0.15) is 57.6 Å². The fourth-order valence-electron chi connectivity index (χ4n) is 2.76. The average Bonchev–Trinajstić information content (AvgIpc) is 2.58. The van der Waals surface area contributed by atoms with Gasteiger partial charge in [-0.1, -0.05) is 19.9 Å². The highest BCUT2D eigenvalue weighted by Gasteiger charge is 2.33. The second kappa shape index (κ2) is 4.78. The quantitative estimate of drug-likeness (QED) is 0.540. The first-order valence-corrected chi connectivity index (χ1v) is 7.42. The van der Waals surface area contributed by atoms with Crippen LogP contribution >= 0.6 is 0 Å². The molecule has 0 bridgehead atoms. The Morgan fingerprint density at radius 1 is 0.870 bits per heavy atom. The van der Waals surface area contributed by atoms with E-state index in [1.54, 1.807) is 12.1 Å². The van der Waals surface area contributed by atoms with Gasteiger partial charge < -0.3 is 0 Å². The van der Waals surface area contributed by atoms with Crippen LogP contribution in [0, 0.1) is 0 Å². The standard InChI is InChI=1S/C18H13N3O2/c1-9(2)10-5-6-12-13(8-10)21-16-15(20-12)17(22)11-4-3-7-19-14(11)18(16)23/h3-9H,1-2H3. The number of hydrogen-bond donors (Lipinski definition) is 0. The smallest absolute Gasteiger partial charge is 0.232 e. The first-order chi connectivity index (χ1) is 11.1. The minimum atomic E-state index is -0.348. The summed E-state index contributed by atoms with van der Waals surface area (Å²) in [5.41, 5.74) is 2.99. The van der Waals surface area contributed by atoms with E-state index in [0.29, 0.717) is 17.0 Å². The van der Waals surface area contributed by atoms with Gasteiger partial charge in [0.15, 0.2) is 0 Å². The van der Waals surface area contributed by atoms with Crippen LogP contribution in [0.4, 0.5) is 0 Å². The van der Waals surface area contributed by atoms with Gasteiger partial charge in [0.25, 0.3) is 0 Å². The van der Waals surface area contributed by atoms with Crippen molar-refractivity contribution in [1.82, 2.24) is 15.0 Å². The minimum absolute atomic E-state index is 0.0922. The Morgan fingerprint density at radius 3 is 2.39 bits per heavy atom. The van der Waals surface area contributed by atoms with Gasteiger partial charge in [-0.3, -0.25) is 14.6 Å². The maximum atomic E-state index is 12.6. The molecule has 0 radical (unpaired) electrons. The number of hydrogen-bond acceptors (Lipinski definition) is 5. The van der Waals surface area contributed by atoms with Gasteiger partial charge in [0.05, 0.1) is 16.6 Å². The van der Waals surface area contributed by atoms with Crippen LogP contribution in [-0.4, -0.2) is 26.5 Å². The number of aromatic nitrogens is 3. The monoisotopic (exact) mass is 303 g/mol. The maximum Gasteiger partial charge on any atom is 0.232 e. The van der Waals surface area contributed by atoms with Crippen molar-refractivity contribution < 1.29 is 9.59 Å². The lowest BCUT2D eigenvalue weighted by Crippen LogP contribution is -2.25. The molecule has 1 aliphatic carbocycles. The van der Waals surface area contributed by atoms with Crippen LogP contribution in [0.2, 0.25) is 0 Å². The minimum Gasteiger partial charge on any atom is -0.287 e. The van der Waals surface area contributed by atoms with Crippen LogP contribution in [0.5, 0.6) is 0 Å². The van der Waals surface area contributed by atoms with Crippen molar-refractivity contribution in [3.63, 3.8) is 0 Å². The molecule has 112 valence electrons. The number of carbonyl (C=O) groups is 2. The third-order valence-corrected chi connectivity index (χ3v) is 4.05. The third-order valence-electron chi connectivity index (χ3n) is 4.05. The van der Waals surface area contributed by atoms with E-state index >= 15 is 0 Å². The van der Waals surface area contributed by atoms with Gasteiger partial charge in [-0.2, -0.15) is 0 Å². The zero-order valence-corrected chi connectivity index (χ0v) is 12.7. The van der Waals surface area contributed by atoms with Crippen molar-refractivity contribution in [3.8, 4) is 0 Å². The maximum absolute atomic E-state index is 12.6. The molecular formula is C18H13N3O2. The highest BCUT2D eigenvalue weighted by molar-refractivity contribution is 6.26. The lowest BCUT2D eigenvalue weighted by molar-refractivity contribution is 0.0968. The Labute approximate surface area is 132 Å². The molecule has 4 rings (SSSR count). The molecule has 0 N–H and O–H groups in total. The van der Waals surface area contributed by atoms with Gasteiger partial charge in [0, 0.05) is 6.20 Å². The third kappa shape index (κ3) is 1.97. The van der Waals surface area contributed by atoms with Crippen LogP contribution in [-0.2, 0) is 0 Å². The molecule has 0 saturated heterocycles. The second-order valence-electron chi connectivity index (χ2n) is 5.88. The average molecular weight is 303 g/mol. The van der Waals surface area contributed by atoms with Crippen molar-refractivity contribution in [3.05, 3.63) is 64.7 Å². The molecular weight excluding hydrogens is 290 g/mol. The number of carbonyl (C=O) groups excluding carboxylic acids is 2. The molecule has 0 unspecified atom stereocenters. The number of pyridine rings is 1. The summed E-state index contributed by atoms with van der Waals surface area (Å²) < 4.78 is 0. The summed E-state index contributed by atoms with van der Waals surface area (Å²) >= 11 is 0. The number of benzene rings is 1. The molecule has 2 heterocycles. The number of ketones is 2. The van der Waals surface area contributed by atoms with Crippen molar-refractivity contribution in [2.45, 2.75) is 19.8 Å². The lowest BCUT2D eigenvalue weighted by atomic mass is 9.93. The summed E-state index contributed by atoms with van der Waals surface area (Å²) in [7, 11) is 0. The normalized spacial score (nSPS) is 13.3. The van der Waals surface area contributed by atoms with Crippen molar-refractivity contribution in [1.29, 1.82) is 0 Å². The molecule has 0 fully saturated rings. The van der Waals surface area contributed by atoms with E-state index in [4.69, 9.17) is 0 Å². The first-order valence-electron chi connectivity index (χ1n) is 7.42. The molecule has 23 heavy (non-hydrogen) atoms. The first kappa shape index (κ1) is 13.7. The topological polar surface area (TPSA) is 72.8 Å². The van der Waals surface area contributed by atoms with Gasteiger partial charge in [-0.15, -0.1) is 0 Å². The van der Waals surface area contributed by atoms with Crippen LogP contribution in [0.3, 0.4) is 0 Å². The van der Waals surface area contributed by atoms with E-state index in [1.165, 1.54) is 6.20 Å². The number of rotatable bonds is 1. The molecule has 0 spiro atoms. The van der Waals surface area contributed by atoms with E-state index < -0.39 is 0 Å². The summed E-state index contributed by atoms with van der Waals surface area (Å²) in [5, 5.41) is 0.